The first kappa shape index (κ1) is 13.4. The SMILES string of the molecule is Oc1ccc(NC2=Nc3ccccc3Nc3ccccc32)cc1. The van der Waals surface area contributed by atoms with Gasteiger partial charge in [-0.15, -0.1) is 0 Å². The number of anilines is 3. The van der Waals surface area contributed by atoms with Crippen LogP contribution in [0.25, 0.3) is 0 Å². The van der Waals surface area contributed by atoms with E-state index in [9.17, 15) is 5.11 Å². The lowest BCUT2D eigenvalue weighted by Crippen LogP contribution is -2.13. The van der Waals surface area contributed by atoms with Crippen molar-refractivity contribution in [2.45, 2.75) is 0 Å². The number of aliphatic imine (C=N–C) groups is 1. The molecule has 23 heavy (non-hydrogen) atoms. The highest BCUT2D eigenvalue weighted by atomic mass is 16.3. The van der Waals surface area contributed by atoms with E-state index in [1.165, 1.54) is 0 Å². The molecule has 0 spiro atoms. The fraction of sp³-hybridized carbons (Fsp3) is 0. The van der Waals surface area contributed by atoms with Crippen LogP contribution in [0.1, 0.15) is 5.56 Å². The first-order valence-electron chi connectivity index (χ1n) is 7.40. The van der Waals surface area contributed by atoms with Gasteiger partial charge in [-0.05, 0) is 48.5 Å². The van der Waals surface area contributed by atoms with Gasteiger partial charge in [0.05, 0.1) is 11.4 Å². The van der Waals surface area contributed by atoms with Gasteiger partial charge < -0.3 is 15.7 Å². The van der Waals surface area contributed by atoms with Crippen molar-refractivity contribution in [1.29, 1.82) is 0 Å². The highest BCUT2D eigenvalue weighted by Gasteiger charge is 2.15. The number of nitrogens with one attached hydrogen (secondary N) is 2. The third-order valence-corrected chi connectivity index (χ3v) is 3.72. The molecule has 4 heteroatoms. The van der Waals surface area contributed by atoms with E-state index in [1.807, 2.05) is 60.7 Å². The highest BCUT2D eigenvalue weighted by molar-refractivity contribution is 6.14. The molecule has 112 valence electrons. The molecule has 3 aromatic carbocycles. The summed E-state index contributed by atoms with van der Waals surface area (Å²) in [5, 5.41) is 16.2. The van der Waals surface area contributed by atoms with Gasteiger partial charge in [-0.1, -0.05) is 24.3 Å². The summed E-state index contributed by atoms with van der Waals surface area (Å²) >= 11 is 0. The van der Waals surface area contributed by atoms with Crippen molar-refractivity contribution in [1.82, 2.24) is 0 Å². The van der Waals surface area contributed by atoms with Crippen LogP contribution in [0, 0.1) is 0 Å². The average Bonchev–Trinajstić information content (AvgIpc) is 2.73. The molecule has 1 aliphatic heterocycles. The van der Waals surface area contributed by atoms with Crippen LogP contribution in [-0.2, 0) is 0 Å². The smallest absolute Gasteiger partial charge is 0.140 e. The topological polar surface area (TPSA) is 56.6 Å². The van der Waals surface area contributed by atoms with Gasteiger partial charge >= 0.3 is 0 Å². The van der Waals surface area contributed by atoms with Crippen molar-refractivity contribution in [3.8, 4) is 5.75 Å². The largest absolute Gasteiger partial charge is 0.508 e. The Morgan fingerprint density at radius 2 is 1.48 bits per heavy atom. The second kappa shape index (κ2) is 5.50. The quantitative estimate of drug-likeness (QED) is 0.574. The molecule has 3 aromatic rings. The summed E-state index contributed by atoms with van der Waals surface area (Å²) in [6, 6.07) is 22.9. The zero-order valence-electron chi connectivity index (χ0n) is 12.3. The molecule has 0 radical (unpaired) electrons. The summed E-state index contributed by atoms with van der Waals surface area (Å²) in [7, 11) is 0. The molecule has 0 saturated carbocycles. The number of hydrogen-bond donors (Lipinski definition) is 3. The summed E-state index contributed by atoms with van der Waals surface area (Å²) in [5.74, 6) is 1.01. The summed E-state index contributed by atoms with van der Waals surface area (Å²) in [6.45, 7) is 0. The van der Waals surface area contributed by atoms with Crippen molar-refractivity contribution < 1.29 is 5.11 Å². The van der Waals surface area contributed by atoms with Crippen molar-refractivity contribution in [2.75, 3.05) is 10.6 Å². The molecule has 1 aliphatic rings. The van der Waals surface area contributed by atoms with E-state index >= 15 is 0 Å². The van der Waals surface area contributed by atoms with Crippen LogP contribution in [0.2, 0.25) is 0 Å². The molecule has 0 unspecified atom stereocenters. The molecule has 3 N–H and O–H groups in total. The number of phenols is 1. The lowest BCUT2D eigenvalue weighted by atomic mass is 10.1. The van der Waals surface area contributed by atoms with Crippen molar-refractivity contribution >= 4 is 28.6 Å². The van der Waals surface area contributed by atoms with Crippen LogP contribution in [0.5, 0.6) is 5.75 Å². The number of phenolic OH excluding ortho intramolecular Hbond substituents is 1. The van der Waals surface area contributed by atoms with E-state index in [-0.39, 0.29) is 5.75 Å². The number of amidine groups is 1. The molecular weight excluding hydrogens is 286 g/mol. The van der Waals surface area contributed by atoms with Crippen LogP contribution in [0.15, 0.2) is 77.8 Å². The van der Waals surface area contributed by atoms with Crippen LogP contribution < -0.4 is 10.6 Å². The fourth-order valence-electron chi connectivity index (χ4n) is 2.58. The van der Waals surface area contributed by atoms with Gasteiger partial charge in [0.15, 0.2) is 0 Å². The van der Waals surface area contributed by atoms with Gasteiger partial charge in [0.25, 0.3) is 0 Å². The van der Waals surface area contributed by atoms with E-state index in [1.54, 1.807) is 12.1 Å². The number of benzene rings is 3. The minimum Gasteiger partial charge on any atom is -0.508 e. The second-order valence-corrected chi connectivity index (χ2v) is 5.32. The molecule has 0 bridgehead atoms. The molecule has 0 aliphatic carbocycles. The standard InChI is InChI=1S/C19H15N3O/c23-14-11-9-13(10-12-14)20-19-15-5-1-2-6-16(15)21-17-7-3-4-8-18(17)22-19/h1-12,21,23H,(H,20,22). The highest BCUT2D eigenvalue weighted by Crippen LogP contribution is 2.34. The molecule has 0 saturated heterocycles. The van der Waals surface area contributed by atoms with Crippen LogP contribution >= 0.6 is 0 Å². The van der Waals surface area contributed by atoms with Crippen LogP contribution in [-0.4, -0.2) is 10.9 Å². The Labute approximate surface area is 134 Å². The van der Waals surface area contributed by atoms with E-state index in [2.05, 4.69) is 10.6 Å². The van der Waals surface area contributed by atoms with Gasteiger partial charge in [0.2, 0.25) is 0 Å². The Bertz CT molecular complexity index is 885. The third kappa shape index (κ3) is 2.62. The number of hydrogen-bond acceptors (Lipinski definition) is 4. The van der Waals surface area contributed by atoms with Gasteiger partial charge in [-0.2, -0.15) is 0 Å². The minimum absolute atomic E-state index is 0.241. The normalized spacial score (nSPS) is 12.3. The monoisotopic (exact) mass is 301 g/mol. The Morgan fingerprint density at radius 3 is 2.30 bits per heavy atom. The van der Waals surface area contributed by atoms with Gasteiger partial charge in [-0.25, -0.2) is 4.99 Å². The lowest BCUT2D eigenvalue weighted by molar-refractivity contribution is 0.475. The fourth-order valence-corrected chi connectivity index (χ4v) is 2.58. The van der Waals surface area contributed by atoms with Crippen molar-refractivity contribution in [3.63, 3.8) is 0 Å². The Morgan fingerprint density at radius 1 is 0.783 bits per heavy atom. The summed E-state index contributed by atoms with van der Waals surface area (Å²) in [6.07, 6.45) is 0. The average molecular weight is 301 g/mol. The number of fused-ring (bicyclic) bond motifs is 2. The second-order valence-electron chi connectivity index (χ2n) is 5.32. The Hall–Kier alpha value is -3.27. The van der Waals surface area contributed by atoms with Crippen LogP contribution in [0.4, 0.5) is 22.7 Å². The molecule has 0 amide bonds. The molecule has 4 nitrogen and oxygen atoms in total. The summed E-state index contributed by atoms with van der Waals surface area (Å²) < 4.78 is 0. The van der Waals surface area contributed by atoms with E-state index in [0.717, 1.165) is 34.1 Å². The predicted molar refractivity (Wildman–Crippen MR) is 94.1 cm³/mol. The Kier molecular flexibility index (Phi) is 3.20. The van der Waals surface area contributed by atoms with E-state index < -0.39 is 0 Å². The lowest BCUT2D eigenvalue weighted by Gasteiger charge is -2.12. The zero-order chi connectivity index (χ0) is 15.6. The van der Waals surface area contributed by atoms with Crippen LogP contribution in [0.3, 0.4) is 0 Å². The molecule has 4 rings (SSSR count). The first-order chi connectivity index (χ1) is 11.3. The van der Waals surface area contributed by atoms with Crippen molar-refractivity contribution in [2.24, 2.45) is 4.99 Å². The molecule has 0 fully saturated rings. The summed E-state index contributed by atoms with van der Waals surface area (Å²) in [4.78, 5) is 4.78. The molecule has 0 aromatic heterocycles. The molecular formula is C19H15N3O. The van der Waals surface area contributed by atoms with Crippen molar-refractivity contribution in [3.05, 3.63) is 78.4 Å². The first-order valence-corrected chi connectivity index (χ1v) is 7.40. The molecule has 1 heterocycles. The van der Waals surface area contributed by atoms with Gasteiger partial charge in [0.1, 0.15) is 11.6 Å². The number of nitrogens with zero attached hydrogens (tertiary/aromatic N) is 1. The zero-order valence-corrected chi connectivity index (χ0v) is 12.3. The number of para-hydroxylation sites is 3. The van der Waals surface area contributed by atoms with Gasteiger partial charge in [-0.3, -0.25) is 0 Å². The minimum atomic E-state index is 0.241. The maximum Gasteiger partial charge on any atom is 0.140 e. The van der Waals surface area contributed by atoms with E-state index in [4.69, 9.17) is 4.99 Å². The number of aromatic hydroxyl groups is 1. The predicted octanol–water partition coefficient (Wildman–Crippen LogP) is 4.64. The summed E-state index contributed by atoms with van der Waals surface area (Å²) in [5.41, 5.74) is 4.72. The third-order valence-electron chi connectivity index (χ3n) is 3.72. The molecule has 0 atom stereocenters. The number of rotatable bonds is 1. The maximum atomic E-state index is 9.43. The maximum absolute atomic E-state index is 9.43. The Balaban J connectivity index is 1.82. The van der Waals surface area contributed by atoms with E-state index in [0.29, 0.717) is 0 Å². The van der Waals surface area contributed by atoms with Gasteiger partial charge in [0, 0.05) is 16.9 Å².